The molecule has 0 radical (unpaired) electrons. The molecule has 0 bridgehead atoms. The number of fused-ring (bicyclic) bond motifs is 1. The standard InChI is InChI=1S/C18H21N5O.HI/c1-12-7-8-14(11-13(12)2)21-17(19)20-9-10-23-16-6-4-3-5-15(16)22-18(23)24;/h3-8,11H,9-10H2,1-2H3,(H,22,24)(H3,19,20,21);1H. The number of nitrogens with zero attached hydrogens (tertiary/aromatic N) is 2. The first-order chi connectivity index (χ1) is 11.5. The summed E-state index contributed by atoms with van der Waals surface area (Å²) in [6.07, 6.45) is 0. The number of nitrogens with one attached hydrogen (secondary N) is 2. The summed E-state index contributed by atoms with van der Waals surface area (Å²) in [6, 6.07) is 13.6. The molecule has 132 valence electrons. The van der Waals surface area contributed by atoms with Crippen molar-refractivity contribution in [1.29, 1.82) is 0 Å². The van der Waals surface area contributed by atoms with Gasteiger partial charge < -0.3 is 16.0 Å². The van der Waals surface area contributed by atoms with Crippen molar-refractivity contribution in [2.24, 2.45) is 10.7 Å². The Morgan fingerprint density at radius 1 is 1.20 bits per heavy atom. The first-order valence-corrected chi connectivity index (χ1v) is 7.86. The number of halogens is 1. The summed E-state index contributed by atoms with van der Waals surface area (Å²) in [4.78, 5) is 19.1. The van der Waals surface area contributed by atoms with Crippen LogP contribution in [0.3, 0.4) is 0 Å². The molecule has 0 amide bonds. The van der Waals surface area contributed by atoms with Crippen LogP contribution in [0.2, 0.25) is 0 Å². The van der Waals surface area contributed by atoms with E-state index in [4.69, 9.17) is 5.73 Å². The minimum Gasteiger partial charge on any atom is -0.370 e. The molecule has 0 unspecified atom stereocenters. The highest BCUT2D eigenvalue weighted by Crippen LogP contribution is 2.13. The molecule has 0 atom stereocenters. The number of nitrogens with two attached hydrogens (primary N) is 1. The minimum absolute atomic E-state index is 0. The average molecular weight is 451 g/mol. The van der Waals surface area contributed by atoms with Gasteiger partial charge in [-0.1, -0.05) is 18.2 Å². The van der Waals surface area contributed by atoms with Gasteiger partial charge in [0, 0.05) is 12.2 Å². The summed E-state index contributed by atoms with van der Waals surface area (Å²) in [7, 11) is 0. The van der Waals surface area contributed by atoms with E-state index in [0.717, 1.165) is 16.7 Å². The van der Waals surface area contributed by atoms with Crippen molar-refractivity contribution in [1.82, 2.24) is 9.55 Å². The van der Waals surface area contributed by atoms with E-state index in [2.05, 4.69) is 29.1 Å². The Bertz CT molecular complexity index is 957. The quantitative estimate of drug-likeness (QED) is 0.324. The number of H-pyrrole nitrogens is 1. The third-order valence-electron chi connectivity index (χ3n) is 4.07. The maximum atomic E-state index is 12.0. The van der Waals surface area contributed by atoms with Crippen LogP contribution in [0.1, 0.15) is 11.1 Å². The molecule has 1 aromatic heterocycles. The van der Waals surface area contributed by atoms with Crippen molar-refractivity contribution in [3.8, 4) is 0 Å². The second-order valence-electron chi connectivity index (χ2n) is 5.79. The van der Waals surface area contributed by atoms with Gasteiger partial charge in [-0.25, -0.2) is 4.79 Å². The number of para-hydroxylation sites is 2. The predicted octanol–water partition coefficient (Wildman–Crippen LogP) is 2.99. The van der Waals surface area contributed by atoms with Crippen LogP contribution in [0.5, 0.6) is 0 Å². The van der Waals surface area contributed by atoms with Gasteiger partial charge in [-0.3, -0.25) is 9.56 Å². The molecular formula is C18H22IN5O. The third kappa shape index (κ3) is 4.41. The molecular weight excluding hydrogens is 429 g/mol. The fourth-order valence-electron chi connectivity index (χ4n) is 2.61. The summed E-state index contributed by atoms with van der Waals surface area (Å²) in [5.74, 6) is 0.339. The number of guanidine groups is 1. The molecule has 0 saturated carbocycles. The van der Waals surface area contributed by atoms with Crippen LogP contribution in [0.15, 0.2) is 52.3 Å². The summed E-state index contributed by atoms with van der Waals surface area (Å²) in [5, 5.41) is 3.07. The second-order valence-corrected chi connectivity index (χ2v) is 5.79. The zero-order valence-corrected chi connectivity index (χ0v) is 16.6. The lowest BCUT2D eigenvalue weighted by atomic mass is 10.1. The van der Waals surface area contributed by atoms with E-state index in [-0.39, 0.29) is 29.7 Å². The Morgan fingerprint density at radius 2 is 1.96 bits per heavy atom. The van der Waals surface area contributed by atoms with Gasteiger partial charge in [0.15, 0.2) is 5.96 Å². The Labute approximate surface area is 163 Å². The molecule has 1 heterocycles. The highest BCUT2D eigenvalue weighted by molar-refractivity contribution is 14.0. The average Bonchev–Trinajstić information content (AvgIpc) is 2.87. The van der Waals surface area contributed by atoms with Gasteiger partial charge in [0.25, 0.3) is 0 Å². The molecule has 0 aliphatic carbocycles. The van der Waals surface area contributed by atoms with E-state index >= 15 is 0 Å². The van der Waals surface area contributed by atoms with E-state index in [9.17, 15) is 4.79 Å². The lowest BCUT2D eigenvalue weighted by Gasteiger charge is -2.08. The molecule has 4 N–H and O–H groups in total. The molecule has 0 aliphatic rings. The fourth-order valence-corrected chi connectivity index (χ4v) is 2.61. The van der Waals surface area contributed by atoms with Gasteiger partial charge in [0.05, 0.1) is 17.6 Å². The summed E-state index contributed by atoms with van der Waals surface area (Å²) in [5.41, 5.74) is 10.8. The van der Waals surface area contributed by atoms with Gasteiger partial charge in [-0.15, -0.1) is 24.0 Å². The number of aromatic nitrogens is 2. The number of aromatic amines is 1. The number of hydrogen-bond donors (Lipinski definition) is 3. The van der Waals surface area contributed by atoms with E-state index in [1.807, 2.05) is 42.5 Å². The molecule has 3 aromatic rings. The van der Waals surface area contributed by atoms with Crippen molar-refractivity contribution >= 4 is 46.7 Å². The van der Waals surface area contributed by atoms with Crippen LogP contribution < -0.4 is 16.7 Å². The first-order valence-electron chi connectivity index (χ1n) is 7.86. The number of anilines is 1. The molecule has 25 heavy (non-hydrogen) atoms. The lowest BCUT2D eigenvalue weighted by molar-refractivity contribution is 0.703. The Hall–Kier alpha value is -2.29. The van der Waals surface area contributed by atoms with Gasteiger partial charge >= 0.3 is 5.69 Å². The largest absolute Gasteiger partial charge is 0.370 e. The molecule has 7 heteroatoms. The van der Waals surface area contributed by atoms with Crippen molar-refractivity contribution in [3.63, 3.8) is 0 Å². The molecule has 3 rings (SSSR count). The van der Waals surface area contributed by atoms with Crippen molar-refractivity contribution in [2.75, 3.05) is 11.9 Å². The maximum Gasteiger partial charge on any atom is 0.326 e. The lowest BCUT2D eigenvalue weighted by Crippen LogP contribution is -2.24. The van der Waals surface area contributed by atoms with Crippen molar-refractivity contribution < 1.29 is 0 Å². The van der Waals surface area contributed by atoms with Crippen molar-refractivity contribution in [3.05, 3.63) is 64.1 Å². The van der Waals surface area contributed by atoms with Crippen LogP contribution >= 0.6 is 24.0 Å². The molecule has 0 fully saturated rings. The normalized spacial score (nSPS) is 11.4. The molecule has 0 saturated heterocycles. The Morgan fingerprint density at radius 3 is 2.72 bits per heavy atom. The smallest absolute Gasteiger partial charge is 0.326 e. The van der Waals surface area contributed by atoms with Gasteiger partial charge in [-0.05, 0) is 49.2 Å². The fraction of sp³-hybridized carbons (Fsp3) is 0.222. The number of rotatable bonds is 4. The molecule has 0 spiro atoms. The molecule has 2 aromatic carbocycles. The second kappa shape index (κ2) is 8.19. The number of imidazole rings is 1. The number of aryl methyl sites for hydroxylation is 2. The predicted molar refractivity (Wildman–Crippen MR) is 114 cm³/mol. The molecule has 6 nitrogen and oxygen atoms in total. The van der Waals surface area contributed by atoms with Crippen LogP contribution in [-0.2, 0) is 6.54 Å². The topological polar surface area (TPSA) is 88.2 Å². The third-order valence-corrected chi connectivity index (χ3v) is 4.07. The summed E-state index contributed by atoms with van der Waals surface area (Å²) < 4.78 is 1.67. The monoisotopic (exact) mass is 451 g/mol. The zero-order valence-electron chi connectivity index (χ0n) is 14.2. The van der Waals surface area contributed by atoms with Gasteiger partial charge in [-0.2, -0.15) is 0 Å². The van der Waals surface area contributed by atoms with Crippen molar-refractivity contribution in [2.45, 2.75) is 20.4 Å². The summed E-state index contributed by atoms with van der Waals surface area (Å²) >= 11 is 0. The van der Waals surface area contributed by atoms with E-state index < -0.39 is 0 Å². The number of hydrogen-bond acceptors (Lipinski definition) is 2. The first kappa shape index (κ1) is 19.0. The summed E-state index contributed by atoms with van der Waals surface area (Å²) in [6.45, 7) is 5.01. The highest BCUT2D eigenvalue weighted by Gasteiger charge is 2.05. The minimum atomic E-state index is -0.132. The van der Waals surface area contributed by atoms with E-state index in [0.29, 0.717) is 19.0 Å². The zero-order chi connectivity index (χ0) is 17.1. The van der Waals surface area contributed by atoms with Gasteiger partial charge in [0.1, 0.15) is 0 Å². The van der Waals surface area contributed by atoms with E-state index in [1.165, 1.54) is 11.1 Å². The number of aliphatic imine (C=N–C) groups is 1. The SMILES string of the molecule is Cc1ccc(NC(N)=NCCn2c(=O)[nH]c3ccccc32)cc1C.I. The van der Waals surface area contributed by atoms with Crippen LogP contribution in [0.4, 0.5) is 5.69 Å². The molecule has 0 aliphatic heterocycles. The Balaban J connectivity index is 0.00000225. The van der Waals surface area contributed by atoms with Gasteiger partial charge in [0.2, 0.25) is 0 Å². The van der Waals surface area contributed by atoms with Crippen LogP contribution in [-0.4, -0.2) is 22.1 Å². The van der Waals surface area contributed by atoms with Crippen LogP contribution in [0.25, 0.3) is 11.0 Å². The van der Waals surface area contributed by atoms with E-state index in [1.54, 1.807) is 4.57 Å². The maximum absolute atomic E-state index is 12.0. The highest BCUT2D eigenvalue weighted by atomic mass is 127. The van der Waals surface area contributed by atoms with Crippen LogP contribution in [0, 0.1) is 13.8 Å². The number of benzene rings is 2. The Kier molecular flexibility index (Phi) is 6.24.